The zero-order valence-electron chi connectivity index (χ0n) is 20.4. The Bertz CT molecular complexity index is 1480. The first kappa shape index (κ1) is 23.3. The molecule has 1 aliphatic rings. The number of pyridine rings is 1. The maximum absolute atomic E-state index is 13.4. The second-order valence-corrected chi connectivity index (χ2v) is 9.67. The number of H-pyrrole nitrogens is 1. The van der Waals surface area contributed by atoms with Crippen LogP contribution in [0.25, 0.3) is 16.8 Å². The number of nitrogens with zero attached hydrogens (tertiary/aromatic N) is 3. The van der Waals surface area contributed by atoms with E-state index in [4.69, 9.17) is 4.74 Å². The molecule has 182 valence electrons. The molecule has 0 aliphatic carbocycles. The SMILES string of the molecule is COc1ccc(/C(O)=C2\C(=O)C(=O)N(c3nc4ccccc4[nH]3)C2c2ccccn2)cc1C(C)(C)C. The van der Waals surface area contributed by atoms with Crippen LogP contribution in [-0.2, 0) is 15.0 Å². The first-order valence-electron chi connectivity index (χ1n) is 11.6. The fourth-order valence-corrected chi connectivity index (χ4v) is 4.52. The summed E-state index contributed by atoms with van der Waals surface area (Å²) in [6, 6.07) is 16.8. The Balaban J connectivity index is 1.72. The number of para-hydroxylation sites is 2. The Morgan fingerprint density at radius 2 is 1.81 bits per heavy atom. The molecule has 1 atom stereocenters. The van der Waals surface area contributed by atoms with Crippen LogP contribution in [0.1, 0.15) is 43.6 Å². The average Bonchev–Trinajstić information content (AvgIpc) is 3.41. The summed E-state index contributed by atoms with van der Waals surface area (Å²) in [4.78, 5) is 40.1. The molecular formula is C28H26N4O4. The van der Waals surface area contributed by atoms with Crippen LogP contribution in [0.5, 0.6) is 5.75 Å². The number of ether oxygens (including phenoxy) is 1. The number of anilines is 1. The Kier molecular flexibility index (Phi) is 5.59. The lowest BCUT2D eigenvalue weighted by Gasteiger charge is -2.24. The molecule has 1 fully saturated rings. The molecule has 5 rings (SSSR count). The van der Waals surface area contributed by atoms with Gasteiger partial charge in [0.25, 0.3) is 5.78 Å². The van der Waals surface area contributed by atoms with Gasteiger partial charge in [0.05, 0.1) is 29.4 Å². The van der Waals surface area contributed by atoms with E-state index < -0.39 is 17.7 Å². The number of carbonyl (C=O) groups excluding carboxylic acids is 2. The number of nitrogens with one attached hydrogen (secondary N) is 1. The summed E-state index contributed by atoms with van der Waals surface area (Å²) in [6.45, 7) is 6.09. The number of aliphatic hydroxyl groups is 1. The van der Waals surface area contributed by atoms with Gasteiger partial charge < -0.3 is 14.8 Å². The highest BCUT2D eigenvalue weighted by atomic mass is 16.5. The van der Waals surface area contributed by atoms with Crippen LogP contribution >= 0.6 is 0 Å². The zero-order valence-corrected chi connectivity index (χ0v) is 20.4. The molecule has 2 aromatic carbocycles. The van der Waals surface area contributed by atoms with Gasteiger partial charge in [0.1, 0.15) is 17.6 Å². The van der Waals surface area contributed by atoms with E-state index in [1.54, 1.807) is 49.7 Å². The number of aliphatic hydroxyl groups excluding tert-OH is 1. The van der Waals surface area contributed by atoms with E-state index in [1.807, 2.05) is 45.0 Å². The van der Waals surface area contributed by atoms with Crippen molar-refractivity contribution in [3.05, 3.63) is 89.3 Å². The van der Waals surface area contributed by atoms with Crippen LogP contribution in [-0.4, -0.2) is 38.9 Å². The molecule has 8 nitrogen and oxygen atoms in total. The molecule has 4 aromatic rings. The van der Waals surface area contributed by atoms with Gasteiger partial charge in [-0.3, -0.25) is 19.5 Å². The number of Topliss-reactive ketones (excluding diaryl/α,β-unsaturated/α-hetero) is 1. The number of hydrogen-bond acceptors (Lipinski definition) is 6. The molecule has 1 saturated heterocycles. The number of amides is 1. The lowest BCUT2D eigenvalue weighted by molar-refractivity contribution is -0.132. The Morgan fingerprint density at radius 1 is 1.06 bits per heavy atom. The summed E-state index contributed by atoms with van der Waals surface area (Å²) < 4.78 is 5.52. The van der Waals surface area contributed by atoms with Gasteiger partial charge in [-0.1, -0.05) is 39.0 Å². The normalized spacial score (nSPS) is 17.7. The van der Waals surface area contributed by atoms with Gasteiger partial charge in [0.15, 0.2) is 0 Å². The Labute approximate surface area is 208 Å². The number of hydrogen-bond donors (Lipinski definition) is 2. The fourth-order valence-electron chi connectivity index (χ4n) is 4.52. The lowest BCUT2D eigenvalue weighted by Crippen LogP contribution is -2.30. The predicted octanol–water partition coefficient (Wildman–Crippen LogP) is 4.89. The molecule has 0 spiro atoms. The minimum atomic E-state index is -0.966. The Morgan fingerprint density at radius 3 is 2.47 bits per heavy atom. The van der Waals surface area contributed by atoms with E-state index >= 15 is 0 Å². The van der Waals surface area contributed by atoms with Crippen LogP contribution in [0.2, 0.25) is 0 Å². The molecule has 0 bridgehead atoms. The third-order valence-electron chi connectivity index (χ3n) is 6.30. The smallest absolute Gasteiger partial charge is 0.302 e. The molecule has 1 unspecified atom stereocenters. The van der Waals surface area contributed by atoms with Gasteiger partial charge in [0, 0.05) is 17.3 Å². The molecule has 1 aliphatic heterocycles. The summed E-state index contributed by atoms with van der Waals surface area (Å²) in [5.41, 5.74) is 2.73. The molecule has 2 aromatic heterocycles. The van der Waals surface area contributed by atoms with Crippen molar-refractivity contribution in [2.75, 3.05) is 12.0 Å². The standard InChI is InChI=1S/C28H26N4O4/c1-28(2,3)17-15-16(12-13-21(17)36-4)24(33)22-23(20-11-7-8-14-29-20)32(26(35)25(22)34)27-30-18-9-5-6-10-19(18)31-27/h5-15,23,33H,1-4H3,(H,30,31)/b24-22+. The Hall–Kier alpha value is -4.46. The highest BCUT2D eigenvalue weighted by molar-refractivity contribution is 6.51. The van der Waals surface area contributed by atoms with Crippen molar-refractivity contribution in [3.63, 3.8) is 0 Å². The maximum atomic E-state index is 13.4. The van der Waals surface area contributed by atoms with Gasteiger partial charge >= 0.3 is 5.91 Å². The number of imidazole rings is 1. The second-order valence-electron chi connectivity index (χ2n) is 9.67. The summed E-state index contributed by atoms with van der Waals surface area (Å²) in [5.74, 6) is -1.01. The molecule has 0 saturated carbocycles. The molecule has 3 heterocycles. The minimum absolute atomic E-state index is 0.0517. The van der Waals surface area contributed by atoms with Gasteiger partial charge in [-0.15, -0.1) is 0 Å². The third-order valence-corrected chi connectivity index (χ3v) is 6.30. The number of methoxy groups -OCH3 is 1. The highest BCUT2D eigenvalue weighted by Crippen LogP contribution is 2.42. The third kappa shape index (κ3) is 3.80. The van der Waals surface area contributed by atoms with Crippen molar-refractivity contribution in [1.29, 1.82) is 0 Å². The van der Waals surface area contributed by atoms with Crippen LogP contribution in [0.4, 0.5) is 5.95 Å². The number of aromatic amines is 1. The van der Waals surface area contributed by atoms with Crippen molar-refractivity contribution in [2.45, 2.75) is 32.2 Å². The summed E-state index contributed by atoms with van der Waals surface area (Å²) in [5, 5.41) is 11.5. The van der Waals surface area contributed by atoms with Gasteiger partial charge in [-0.05, 0) is 47.9 Å². The van der Waals surface area contributed by atoms with E-state index in [2.05, 4.69) is 15.0 Å². The van der Waals surface area contributed by atoms with Crippen molar-refractivity contribution >= 4 is 34.4 Å². The molecular weight excluding hydrogens is 456 g/mol. The van der Waals surface area contributed by atoms with E-state index in [9.17, 15) is 14.7 Å². The topological polar surface area (TPSA) is 108 Å². The van der Waals surface area contributed by atoms with Crippen molar-refractivity contribution in [2.24, 2.45) is 0 Å². The lowest BCUT2D eigenvalue weighted by atomic mass is 9.84. The number of benzene rings is 2. The number of aromatic nitrogens is 3. The van der Waals surface area contributed by atoms with Gasteiger partial charge in [0.2, 0.25) is 5.95 Å². The van der Waals surface area contributed by atoms with Crippen LogP contribution in [0.3, 0.4) is 0 Å². The summed E-state index contributed by atoms with van der Waals surface area (Å²) in [7, 11) is 1.59. The quantitative estimate of drug-likeness (QED) is 0.244. The van der Waals surface area contributed by atoms with Crippen LogP contribution < -0.4 is 9.64 Å². The number of ketones is 1. The van der Waals surface area contributed by atoms with Gasteiger partial charge in [-0.2, -0.15) is 0 Å². The van der Waals surface area contributed by atoms with Gasteiger partial charge in [-0.25, -0.2) is 4.98 Å². The van der Waals surface area contributed by atoms with E-state index in [0.29, 0.717) is 22.5 Å². The molecule has 0 radical (unpaired) electrons. The van der Waals surface area contributed by atoms with E-state index in [-0.39, 0.29) is 22.7 Å². The van der Waals surface area contributed by atoms with Crippen LogP contribution in [0.15, 0.2) is 72.4 Å². The molecule has 2 N–H and O–H groups in total. The monoisotopic (exact) mass is 482 g/mol. The summed E-state index contributed by atoms with van der Waals surface area (Å²) >= 11 is 0. The maximum Gasteiger partial charge on any atom is 0.302 e. The van der Waals surface area contributed by atoms with Crippen molar-refractivity contribution in [3.8, 4) is 5.75 Å². The number of fused-ring (bicyclic) bond motifs is 1. The van der Waals surface area contributed by atoms with Crippen molar-refractivity contribution in [1.82, 2.24) is 15.0 Å². The average molecular weight is 483 g/mol. The number of rotatable bonds is 4. The fraction of sp³-hybridized carbons (Fsp3) is 0.214. The highest BCUT2D eigenvalue weighted by Gasteiger charge is 2.49. The summed E-state index contributed by atoms with van der Waals surface area (Å²) in [6.07, 6.45) is 1.58. The second kappa shape index (κ2) is 8.64. The van der Waals surface area contributed by atoms with Crippen molar-refractivity contribution < 1.29 is 19.4 Å². The largest absolute Gasteiger partial charge is 0.507 e. The first-order valence-corrected chi connectivity index (χ1v) is 11.6. The molecule has 1 amide bonds. The van der Waals surface area contributed by atoms with Crippen LogP contribution in [0, 0.1) is 0 Å². The number of carbonyl (C=O) groups is 2. The first-order chi connectivity index (χ1) is 17.2. The predicted molar refractivity (Wildman–Crippen MR) is 137 cm³/mol. The zero-order chi connectivity index (χ0) is 25.6. The van der Waals surface area contributed by atoms with E-state index in [0.717, 1.165) is 11.1 Å². The van der Waals surface area contributed by atoms with E-state index in [1.165, 1.54) is 4.90 Å². The molecule has 36 heavy (non-hydrogen) atoms. The molecule has 8 heteroatoms. The minimum Gasteiger partial charge on any atom is -0.507 e.